The Balaban J connectivity index is 1.63. The molecule has 0 saturated carbocycles. The fourth-order valence-corrected chi connectivity index (χ4v) is 3.19. The van der Waals surface area contributed by atoms with Gasteiger partial charge in [-0.2, -0.15) is 14.6 Å². The van der Waals surface area contributed by atoms with E-state index < -0.39 is 0 Å². The molecule has 1 unspecified atom stereocenters. The summed E-state index contributed by atoms with van der Waals surface area (Å²) >= 11 is 0. The topological polar surface area (TPSA) is 75.3 Å². The van der Waals surface area contributed by atoms with Crippen LogP contribution in [0.15, 0.2) is 73.1 Å². The van der Waals surface area contributed by atoms with Crippen LogP contribution < -0.4 is 5.32 Å². The molecule has 2 aromatic heterocycles. The highest BCUT2D eigenvalue weighted by atomic mass is 16.3. The van der Waals surface area contributed by atoms with Crippen LogP contribution in [0.5, 0.6) is 0 Å². The number of anilines is 1. The number of aliphatic hydroxyl groups excluding tert-OH is 1. The van der Waals surface area contributed by atoms with Crippen LogP contribution in [-0.2, 0) is 0 Å². The molecule has 0 aliphatic rings. The van der Waals surface area contributed by atoms with Crippen LogP contribution >= 0.6 is 0 Å². The Morgan fingerprint density at radius 3 is 2.48 bits per heavy atom. The zero-order valence-corrected chi connectivity index (χ0v) is 14.9. The molecule has 0 aliphatic carbocycles. The Kier molecular flexibility index (Phi) is 5.07. The molecular formula is C21H21N5O. The predicted octanol–water partition coefficient (Wildman–Crippen LogP) is 3.37. The van der Waals surface area contributed by atoms with Gasteiger partial charge in [-0.25, -0.2) is 4.98 Å². The smallest absolute Gasteiger partial charge is 0.254 e. The molecule has 6 nitrogen and oxygen atoms in total. The Bertz CT molecular complexity index is 1000. The van der Waals surface area contributed by atoms with Gasteiger partial charge in [-0.15, -0.1) is 0 Å². The van der Waals surface area contributed by atoms with Crippen molar-refractivity contribution in [2.45, 2.75) is 12.3 Å². The lowest BCUT2D eigenvalue weighted by Crippen LogP contribution is -2.16. The number of hydrogen-bond acceptors (Lipinski definition) is 5. The summed E-state index contributed by atoms with van der Waals surface area (Å²) in [6.45, 7) is 0.823. The molecule has 4 aromatic rings. The van der Waals surface area contributed by atoms with Crippen LogP contribution in [0.1, 0.15) is 17.9 Å². The lowest BCUT2D eigenvalue weighted by molar-refractivity contribution is 0.277. The summed E-state index contributed by atoms with van der Waals surface area (Å²) in [7, 11) is 0. The number of nitrogens with zero attached hydrogens (tertiary/aromatic N) is 4. The molecule has 136 valence electrons. The second kappa shape index (κ2) is 7.97. The van der Waals surface area contributed by atoms with Gasteiger partial charge in [0.05, 0.1) is 5.69 Å². The van der Waals surface area contributed by atoms with Crippen molar-refractivity contribution < 1.29 is 5.11 Å². The van der Waals surface area contributed by atoms with Crippen molar-refractivity contribution in [3.8, 4) is 11.3 Å². The number of nitrogens with one attached hydrogen (secondary N) is 1. The lowest BCUT2D eigenvalue weighted by Gasteiger charge is -2.18. The van der Waals surface area contributed by atoms with Crippen LogP contribution in [0, 0.1) is 0 Å². The highest BCUT2D eigenvalue weighted by Crippen LogP contribution is 2.23. The Hall–Kier alpha value is -3.25. The van der Waals surface area contributed by atoms with Crippen molar-refractivity contribution in [1.82, 2.24) is 19.6 Å². The van der Waals surface area contributed by atoms with Gasteiger partial charge >= 0.3 is 0 Å². The third-order valence-corrected chi connectivity index (χ3v) is 4.60. The van der Waals surface area contributed by atoms with E-state index >= 15 is 0 Å². The molecule has 0 spiro atoms. The minimum absolute atomic E-state index is 0.144. The molecule has 27 heavy (non-hydrogen) atoms. The van der Waals surface area contributed by atoms with Crippen molar-refractivity contribution in [3.63, 3.8) is 0 Å². The van der Waals surface area contributed by atoms with E-state index in [0.717, 1.165) is 17.1 Å². The molecule has 0 amide bonds. The maximum atomic E-state index is 9.46. The molecule has 0 saturated heterocycles. The molecule has 1 atom stereocenters. The zero-order valence-electron chi connectivity index (χ0n) is 14.9. The number of aromatic nitrogens is 4. The summed E-state index contributed by atoms with van der Waals surface area (Å²) in [5.41, 5.74) is 3.07. The van der Waals surface area contributed by atoms with Crippen LogP contribution in [0.2, 0.25) is 0 Å². The highest BCUT2D eigenvalue weighted by molar-refractivity contribution is 5.65. The summed E-state index contributed by atoms with van der Waals surface area (Å²) in [5, 5.41) is 17.2. The van der Waals surface area contributed by atoms with Crippen molar-refractivity contribution >= 4 is 11.6 Å². The van der Waals surface area contributed by atoms with E-state index in [4.69, 9.17) is 0 Å². The maximum absolute atomic E-state index is 9.46. The third kappa shape index (κ3) is 3.80. The number of rotatable bonds is 7. The van der Waals surface area contributed by atoms with Gasteiger partial charge in [0, 0.05) is 30.7 Å². The van der Waals surface area contributed by atoms with Gasteiger partial charge in [-0.05, 0) is 12.0 Å². The third-order valence-electron chi connectivity index (χ3n) is 4.60. The van der Waals surface area contributed by atoms with Crippen LogP contribution in [0.3, 0.4) is 0 Å². The second-order valence-electron chi connectivity index (χ2n) is 6.37. The minimum atomic E-state index is 0.144. The van der Waals surface area contributed by atoms with Gasteiger partial charge in [0.25, 0.3) is 5.78 Å². The Morgan fingerprint density at radius 2 is 1.74 bits per heavy atom. The first-order valence-corrected chi connectivity index (χ1v) is 9.01. The lowest BCUT2D eigenvalue weighted by atomic mass is 9.96. The maximum Gasteiger partial charge on any atom is 0.254 e. The van der Waals surface area contributed by atoms with E-state index in [1.54, 1.807) is 4.52 Å². The predicted molar refractivity (Wildman–Crippen MR) is 106 cm³/mol. The fraction of sp³-hybridized carbons (Fsp3) is 0.190. The number of benzene rings is 2. The molecule has 2 aromatic carbocycles. The molecule has 4 rings (SSSR count). The Labute approximate surface area is 157 Å². The first kappa shape index (κ1) is 17.2. The standard InChI is InChI=1S/C21H21N5O/c27-12-11-18(16-7-3-1-4-8-16)14-22-20-13-19(17-9-5-2-6-10-17)25-21-23-15-24-26(20)21/h1-10,13,15,18,22,27H,11-12,14H2. The SMILES string of the molecule is OCCC(CNc1cc(-c2ccccc2)nc2ncnn12)c1ccccc1. The van der Waals surface area contributed by atoms with E-state index in [-0.39, 0.29) is 12.5 Å². The number of fused-ring (bicyclic) bond motifs is 1. The van der Waals surface area contributed by atoms with Crippen molar-refractivity contribution in [2.24, 2.45) is 0 Å². The molecule has 0 fully saturated rings. The summed E-state index contributed by atoms with van der Waals surface area (Å²) < 4.78 is 1.70. The average Bonchev–Trinajstić information content (AvgIpc) is 3.21. The zero-order chi connectivity index (χ0) is 18.5. The second-order valence-corrected chi connectivity index (χ2v) is 6.37. The largest absolute Gasteiger partial charge is 0.396 e. The van der Waals surface area contributed by atoms with Crippen molar-refractivity contribution in [1.29, 1.82) is 0 Å². The Morgan fingerprint density at radius 1 is 1.00 bits per heavy atom. The molecule has 0 aliphatic heterocycles. The number of aliphatic hydroxyl groups is 1. The highest BCUT2D eigenvalue weighted by Gasteiger charge is 2.14. The van der Waals surface area contributed by atoms with Gasteiger partial charge in [-0.1, -0.05) is 60.7 Å². The summed E-state index contributed by atoms with van der Waals surface area (Å²) in [4.78, 5) is 8.84. The molecule has 6 heteroatoms. The molecule has 2 N–H and O–H groups in total. The number of hydrogen-bond donors (Lipinski definition) is 2. The molecule has 0 bridgehead atoms. The normalized spacial score (nSPS) is 12.2. The van der Waals surface area contributed by atoms with Crippen LogP contribution in [0.4, 0.5) is 5.82 Å². The van der Waals surface area contributed by atoms with Gasteiger partial charge in [0.15, 0.2) is 0 Å². The summed E-state index contributed by atoms with van der Waals surface area (Å²) in [6, 6.07) is 22.2. The van der Waals surface area contributed by atoms with E-state index in [0.29, 0.717) is 18.7 Å². The van der Waals surface area contributed by atoms with Crippen molar-refractivity contribution in [3.05, 3.63) is 78.6 Å². The van der Waals surface area contributed by atoms with Gasteiger partial charge in [0.1, 0.15) is 12.1 Å². The van der Waals surface area contributed by atoms with Crippen LogP contribution in [-0.4, -0.2) is 37.8 Å². The fourth-order valence-electron chi connectivity index (χ4n) is 3.19. The van der Waals surface area contributed by atoms with Gasteiger partial charge < -0.3 is 10.4 Å². The van der Waals surface area contributed by atoms with Gasteiger partial charge in [-0.3, -0.25) is 0 Å². The van der Waals surface area contributed by atoms with Crippen LogP contribution in [0.25, 0.3) is 17.0 Å². The first-order chi connectivity index (χ1) is 13.3. The average molecular weight is 359 g/mol. The monoisotopic (exact) mass is 359 g/mol. The van der Waals surface area contributed by atoms with E-state index in [9.17, 15) is 5.11 Å². The molecular weight excluding hydrogens is 338 g/mol. The molecule has 2 heterocycles. The summed E-state index contributed by atoms with van der Waals surface area (Å²) in [5.74, 6) is 1.58. The van der Waals surface area contributed by atoms with E-state index in [1.165, 1.54) is 11.9 Å². The molecule has 0 radical (unpaired) electrons. The minimum Gasteiger partial charge on any atom is -0.396 e. The first-order valence-electron chi connectivity index (χ1n) is 9.01. The van der Waals surface area contributed by atoms with E-state index in [1.807, 2.05) is 54.6 Å². The van der Waals surface area contributed by atoms with Gasteiger partial charge in [0.2, 0.25) is 0 Å². The quantitative estimate of drug-likeness (QED) is 0.529. The summed E-state index contributed by atoms with van der Waals surface area (Å²) in [6.07, 6.45) is 2.19. The van der Waals surface area contributed by atoms with Crippen molar-refractivity contribution in [2.75, 3.05) is 18.5 Å². The van der Waals surface area contributed by atoms with E-state index in [2.05, 4.69) is 32.5 Å².